The van der Waals surface area contributed by atoms with Gasteiger partial charge in [0.05, 0.1) is 6.42 Å². The van der Waals surface area contributed by atoms with Gasteiger partial charge < -0.3 is 14.7 Å². The fourth-order valence-electron chi connectivity index (χ4n) is 1.75. The van der Waals surface area contributed by atoms with Gasteiger partial charge in [-0.3, -0.25) is 9.59 Å². The summed E-state index contributed by atoms with van der Waals surface area (Å²) in [6.45, 7) is 4.50. The molecule has 0 unspecified atom stereocenters. The van der Waals surface area contributed by atoms with Crippen LogP contribution in [0.25, 0.3) is 0 Å². The molecule has 0 saturated heterocycles. The highest BCUT2D eigenvalue weighted by molar-refractivity contribution is 5.78. The molecule has 1 aromatic carbocycles. The summed E-state index contributed by atoms with van der Waals surface area (Å²) >= 11 is 0. The van der Waals surface area contributed by atoms with Crippen LogP contribution in [0.3, 0.4) is 0 Å². The van der Waals surface area contributed by atoms with E-state index in [4.69, 9.17) is 9.84 Å². The van der Waals surface area contributed by atoms with Gasteiger partial charge in [0, 0.05) is 13.1 Å². The largest absolute Gasteiger partial charge is 0.484 e. The fourth-order valence-corrected chi connectivity index (χ4v) is 1.75. The number of carbonyl (C=O) groups excluding carboxylic acids is 1. The number of likely N-dealkylation sites (N-methyl/N-ethyl adjacent to an activating group) is 1. The van der Waals surface area contributed by atoms with Crippen LogP contribution in [0.15, 0.2) is 24.3 Å². The fraction of sp³-hybridized carbons (Fsp3) is 0.467. The number of aliphatic carboxylic acids is 1. The third-order valence-electron chi connectivity index (χ3n) is 3.02. The Morgan fingerprint density at radius 3 is 2.35 bits per heavy atom. The van der Waals surface area contributed by atoms with Crippen LogP contribution in [0.2, 0.25) is 0 Å². The number of carboxylic acid groups (broad SMARTS) is 1. The van der Waals surface area contributed by atoms with Crippen molar-refractivity contribution in [3.8, 4) is 5.75 Å². The summed E-state index contributed by atoms with van der Waals surface area (Å²) in [4.78, 5) is 23.9. The quantitative estimate of drug-likeness (QED) is 0.790. The van der Waals surface area contributed by atoms with Crippen LogP contribution in [0.4, 0.5) is 0 Å². The molecule has 0 fully saturated rings. The van der Waals surface area contributed by atoms with Crippen LogP contribution in [0.1, 0.15) is 25.8 Å². The van der Waals surface area contributed by atoms with E-state index in [1.807, 2.05) is 31.2 Å². The lowest BCUT2D eigenvalue weighted by atomic mass is 10.2. The van der Waals surface area contributed by atoms with Crippen molar-refractivity contribution in [2.24, 2.45) is 0 Å². The van der Waals surface area contributed by atoms with Gasteiger partial charge in [-0.2, -0.15) is 0 Å². The number of aryl methyl sites for hydroxylation is 1. The van der Waals surface area contributed by atoms with E-state index in [2.05, 4.69) is 6.92 Å². The first-order valence-corrected chi connectivity index (χ1v) is 6.78. The molecule has 1 aromatic rings. The van der Waals surface area contributed by atoms with Gasteiger partial charge in [0.2, 0.25) is 0 Å². The third kappa shape index (κ3) is 5.30. The molecular weight excluding hydrogens is 258 g/mol. The second kappa shape index (κ2) is 8.19. The van der Waals surface area contributed by atoms with Crippen molar-refractivity contribution >= 4 is 11.9 Å². The summed E-state index contributed by atoms with van der Waals surface area (Å²) in [6, 6.07) is 7.59. The van der Waals surface area contributed by atoms with E-state index in [-0.39, 0.29) is 25.5 Å². The van der Waals surface area contributed by atoms with E-state index in [1.165, 1.54) is 10.5 Å². The SMILES string of the molecule is CCc1ccc(OCC(=O)N(CC)CCC(=O)O)cc1. The lowest BCUT2D eigenvalue weighted by molar-refractivity contribution is -0.139. The van der Waals surface area contributed by atoms with Gasteiger partial charge in [0.15, 0.2) is 6.61 Å². The van der Waals surface area contributed by atoms with Gasteiger partial charge in [-0.1, -0.05) is 19.1 Å². The first-order chi connectivity index (χ1) is 9.56. The Kier molecular flexibility index (Phi) is 6.56. The summed E-state index contributed by atoms with van der Waals surface area (Å²) < 4.78 is 5.42. The highest BCUT2D eigenvalue weighted by atomic mass is 16.5. The van der Waals surface area contributed by atoms with Crippen molar-refractivity contribution in [2.45, 2.75) is 26.7 Å². The van der Waals surface area contributed by atoms with E-state index in [1.54, 1.807) is 0 Å². The molecule has 110 valence electrons. The number of benzene rings is 1. The minimum atomic E-state index is -0.910. The van der Waals surface area contributed by atoms with Gasteiger partial charge in [0.1, 0.15) is 5.75 Å². The molecule has 0 heterocycles. The van der Waals surface area contributed by atoms with Crippen molar-refractivity contribution in [3.63, 3.8) is 0 Å². The van der Waals surface area contributed by atoms with Crippen LogP contribution >= 0.6 is 0 Å². The van der Waals surface area contributed by atoms with E-state index in [9.17, 15) is 9.59 Å². The number of amides is 1. The zero-order valence-electron chi connectivity index (χ0n) is 12.0. The Bertz CT molecular complexity index is 442. The second-order valence-electron chi connectivity index (χ2n) is 4.40. The van der Waals surface area contributed by atoms with Crippen LogP contribution in [-0.4, -0.2) is 41.6 Å². The topological polar surface area (TPSA) is 66.8 Å². The molecule has 5 nitrogen and oxygen atoms in total. The van der Waals surface area contributed by atoms with Crippen molar-refractivity contribution in [1.29, 1.82) is 0 Å². The van der Waals surface area contributed by atoms with Gasteiger partial charge in [-0.25, -0.2) is 0 Å². The number of carbonyl (C=O) groups is 2. The first-order valence-electron chi connectivity index (χ1n) is 6.78. The van der Waals surface area contributed by atoms with E-state index < -0.39 is 5.97 Å². The standard InChI is InChI=1S/C15H21NO4/c1-3-12-5-7-13(8-6-12)20-11-14(17)16(4-2)10-9-15(18)19/h5-8H,3-4,9-11H2,1-2H3,(H,18,19). The Morgan fingerprint density at radius 1 is 1.20 bits per heavy atom. The number of hydrogen-bond acceptors (Lipinski definition) is 3. The molecule has 1 rings (SSSR count). The number of hydrogen-bond donors (Lipinski definition) is 1. The Morgan fingerprint density at radius 2 is 1.85 bits per heavy atom. The number of nitrogens with zero attached hydrogens (tertiary/aromatic N) is 1. The van der Waals surface area contributed by atoms with E-state index in [0.29, 0.717) is 12.3 Å². The Hall–Kier alpha value is -2.04. The molecule has 0 bridgehead atoms. The molecule has 0 saturated carbocycles. The summed E-state index contributed by atoms with van der Waals surface area (Å²) in [5, 5.41) is 8.63. The maximum atomic E-state index is 11.9. The number of carboxylic acids is 1. The van der Waals surface area contributed by atoms with Crippen molar-refractivity contribution < 1.29 is 19.4 Å². The lowest BCUT2D eigenvalue weighted by Crippen LogP contribution is -2.36. The summed E-state index contributed by atoms with van der Waals surface area (Å²) in [6.07, 6.45) is 0.906. The van der Waals surface area contributed by atoms with Gasteiger partial charge in [-0.15, -0.1) is 0 Å². The molecular formula is C15H21NO4. The normalized spacial score (nSPS) is 10.1. The van der Waals surface area contributed by atoms with Gasteiger partial charge >= 0.3 is 5.97 Å². The molecule has 0 atom stereocenters. The van der Waals surface area contributed by atoms with Crippen molar-refractivity contribution in [2.75, 3.05) is 19.7 Å². The predicted octanol–water partition coefficient (Wildman–Crippen LogP) is 1.95. The maximum absolute atomic E-state index is 11.9. The summed E-state index contributed by atoms with van der Waals surface area (Å²) in [5.41, 5.74) is 1.21. The lowest BCUT2D eigenvalue weighted by Gasteiger charge is -2.20. The predicted molar refractivity (Wildman–Crippen MR) is 75.8 cm³/mol. The molecule has 1 N–H and O–H groups in total. The third-order valence-corrected chi connectivity index (χ3v) is 3.02. The zero-order chi connectivity index (χ0) is 15.0. The van der Waals surface area contributed by atoms with E-state index in [0.717, 1.165) is 6.42 Å². The molecule has 0 aliphatic rings. The van der Waals surface area contributed by atoms with Crippen LogP contribution in [0, 0.1) is 0 Å². The van der Waals surface area contributed by atoms with Crippen molar-refractivity contribution in [1.82, 2.24) is 4.90 Å². The average Bonchev–Trinajstić information content (AvgIpc) is 2.46. The number of rotatable bonds is 8. The Balaban J connectivity index is 2.45. The molecule has 0 aliphatic heterocycles. The van der Waals surface area contributed by atoms with Gasteiger partial charge in [-0.05, 0) is 31.0 Å². The summed E-state index contributed by atoms with van der Waals surface area (Å²) in [7, 11) is 0. The molecule has 20 heavy (non-hydrogen) atoms. The maximum Gasteiger partial charge on any atom is 0.305 e. The molecule has 5 heteroatoms. The minimum Gasteiger partial charge on any atom is -0.484 e. The molecule has 1 amide bonds. The molecule has 0 spiro atoms. The van der Waals surface area contributed by atoms with E-state index >= 15 is 0 Å². The van der Waals surface area contributed by atoms with Crippen LogP contribution in [-0.2, 0) is 16.0 Å². The van der Waals surface area contributed by atoms with Crippen molar-refractivity contribution in [3.05, 3.63) is 29.8 Å². The molecule has 0 aromatic heterocycles. The average molecular weight is 279 g/mol. The first kappa shape index (κ1) is 16.0. The van der Waals surface area contributed by atoms with Gasteiger partial charge in [0.25, 0.3) is 5.91 Å². The minimum absolute atomic E-state index is 0.0508. The van der Waals surface area contributed by atoms with Crippen LogP contribution < -0.4 is 4.74 Å². The van der Waals surface area contributed by atoms with Crippen LogP contribution in [0.5, 0.6) is 5.75 Å². The molecule has 0 radical (unpaired) electrons. The number of ether oxygens (including phenoxy) is 1. The monoisotopic (exact) mass is 279 g/mol. The Labute approximate surface area is 119 Å². The summed E-state index contributed by atoms with van der Waals surface area (Å²) in [5.74, 6) is -0.467. The highest BCUT2D eigenvalue weighted by Gasteiger charge is 2.13. The highest BCUT2D eigenvalue weighted by Crippen LogP contribution is 2.12. The smallest absolute Gasteiger partial charge is 0.305 e. The zero-order valence-corrected chi connectivity index (χ0v) is 12.0. The second-order valence-corrected chi connectivity index (χ2v) is 4.40. The molecule has 0 aliphatic carbocycles.